The number of hydrogen-bond donors (Lipinski definition) is 1. The molecule has 1 heterocycles. The van der Waals surface area contributed by atoms with Gasteiger partial charge in [0, 0.05) is 13.7 Å². The summed E-state index contributed by atoms with van der Waals surface area (Å²) in [4.78, 5) is 11.1. The van der Waals surface area contributed by atoms with Gasteiger partial charge in [-0.2, -0.15) is 0 Å². The van der Waals surface area contributed by atoms with E-state index >= 15 is 0 Å². The lowest BCUT2D eigenvalue weighted by Crippen LogP contribution is -2.31. The molecule has 0 saturated carbocycles. The third-order valence-corrected chi connectivity index (χ3v) is 4.22. The molecule has 1 atom stereocenters. The van der Waals surface area contributed by atoms with Crippen molar-refractivity contribution in [3.8, 4) is 0 Å². The molecule has 0 aromatic rings. The zero-order valence-electron chi connectivity index (χ0n) is 9.27. The van der Waals surface area contributed by atoms with Crippen LogP contribution in [0.15, 0.2) is 0 Å². The molecule has 1 amide bonds. The molecular formula is C9H17NO5S. The summed E-state index contributed by atoms with van der Waals surface area (Å²) in [6.45, 7) is 0.904. The van der Waals surface area contributed by atoms with Crippen molar-refractivity contribution in [1.29, 1.82) is 0 Å². The van der Waals surface area contributed by atoms with Crippen LogP contribution in [-0.4, -0.2) is 52.9 Å². The van der Waals surface area contributed by atoms with E-state index in [1.807, 2.05) is 0 Å². The van der Waals surface area contributed by atoms with E-state index in [9.17, 15) is 13.2 Å². The van der Waals surface area contributed by atoms with Crippen LogP contribution in [0.5, 0.6) is 0 Å². The summed E-state index contributed by atoms with van der Waals surface area (Å²) in [7, 11) is -1.36. The number of amides is 1. The summed E-state index contributed by atoms with van der Waals surface area (Å²) in [5.41, 5.74) is 0. The van der Waals surface area contributed by atoms with E-state index in [0.717, 1.165) is 0 Å². The van der Waals surface area contributed by atoms with Gasteiger partial charge in [-0.1, -0.05) is 0 Å². The topological polar surface area (TPSA) is 81.7 Å². The van der Waals surface area contributed by atoms with Crippen molar-refractivity contribution in [2.75, 3.05) is 38.4 Å². The van der Waals surface area contributed by atoms with E-state index in [2.05, 4.69) is 5.32 Å². The minimum Gasteiger partial charge on any atom is -0.447 e. The number of rotatable bonds is 5. The Morgan fingerprint density at radius 2 is 2.19 bits per heavy atom. The molecule has 1 rings (SSSR count). The van der Waals surface area contributed by atoms with E-state index in [4.69, 9.17) is 9.47 Å². The van der Waals surface area contributed by atoms with Gasteiger partial charge in [-0.3, -0.25) is 0 Å². The molecule has 6 nitrogen and oxygen atoms in total. The van der Waals surface area contributed by atoms with Crippen molar-refractivity contribution in [3.63, 3.8) is 0 Å². The lowest BCUT2D eigenvalue weighted by Gasteiger charge is -2.09. The first-order valence-corrected chi connectivity index (χ1v) is 6.95. The van der Waals surface area contributed by atoms with Gasteiger partial charge in [0.2, 0.25) is 0 Å². The highest BCUT2D eigenvalue weighted by Gasteiger charge is 2.27. The van der Waals surface area contributed by atoms with Gasteiger partial charge in [0.25, 0.3) is 0 Å². The smallest absolute Gasteiger partial charge is 0.407 e. The SMILES string of the molecule is COCCOC(=O)NC[C@@H]1CCS(=O)(=O)C1. The number of nitrogens with one attached hydrogen (secondary N) is 1. The molecule has 1 aliphatic heterocycles. The lowest BCUT2D eigenvalue weighted by molar-refractivity contribution is 0.0979. The van der Waals surface area contributed by atoms with Crippen LogP contribution in [-0.2, 0) is 19.3 Å². The molecule has 0 spiro atoms. The van der Waals surface area contributed by atoms with Crippen LogP contribution < -0.4 is 5.32 Å². The third kappa shape index (κ3) is 4.80. The number of methoxy groups -OCH3 is 1. The van der Waals surface area contributed by atoms with Gasteiger partial charge in [-0.25, -0.2) is 13.2 Å². The highest BCUT2D eigenvalue weighted by Crippen LogP contribution is 2.17. The lowest BCUT2D eigenvalue weighted by atomic mass is 10.1. The highest BCUT2D eigenvalue weighted by atomic mass is 32.2. The van der Waals surface area contributed by atoms with Gasteiger partial charge in [-0.15, -0.1) is 0 Å². The number of ether oxygens (including phenoxy) is 2. The summed E-state index contributed by atoms with van der Waals surface area (Å²) in [5, 5.41) is 2.54. The molecule has 1 N–H and O–H groups in total. The maximum atomic E-state index is 11.1. The van der Waals surface area contributed by atoms with Gasteiger partial charge in [0.05, 0.1) is 18.1 Å². The van der Waals surface area contributed by atoms with Gasteiger partial charge in [0.15, 0.2) is 9.84 Å². The summed E-state index contributed by atoms with van der Waals surface area (Å²) >= 11 is 0. The fraction of sp³-hybridized carbons (Fsp3) is 0.889. The quantitative estimate of drug-likeness (QED) is 0.684. The Hall–Kier alpha value is -0.820. The summed E-state index contributed by atoms with van der Waals surface area (Å²) in [6, 6.07) is 0. The summed E-state index contributed by atoms with van der Waals surface area (Å²) in [6.07, 6.45) is 0.0853. The van der Waals surface area contributed by atoms with Gasteiger partial charge in [0.1, 0.15) is 6.61 Å². The number of hydrogen-bond acceptors (Lipinski definition) is 5. The first kappa shape index (κ1) is 13.2. The molecule has 0 aromatic carbocycles. The van der Waals surface area contributed by atoms with Crippen LogP contribution in [0, 0.1) is 5.92 Å². The first-order chi connectivity index (χ1) is 7.53. The predicted molar refractivity (Wildman–Crippen MR) is 58.0 cm³/mol. The Labute approximate surface area is 95.2 Å². The monoisotopic (exact) mass is 251 g/mol. The molecular weight excluding hydrogens is 234 g/mol. The van der Waals surface area contributed by atoms with Crippen molar-refractivity contribution < 1.29 is 22.7 Å². The van der Waals surface area contributed by atoms with Crippen LogP contribution in [0.25, 0.3) is 0 Å². The maximum absolute atomic E-state index is 11.1. The molecule has 0 bridgehead atoms. The van der Waals surface area contributed by atoms with Crippen LogP contribution in [0.2, 0.25) is 0 Å². The van der Waals surface area contributed by atoms with Crippen molar-refractivity contribution in [1.82, 2.24) is 5.32 Å². The fourth-order valence-corrected chi connectivity index (χ4v) is 3.39. The van der Waals surface area contributed by atoms with Gasteiger partial charge < -0.3 is 14.8 Å². The second-order valence-corrected chi connectivity index (χ2v) is 6.01. The molecule has 0 aliphatic carbocycles. The van der Waals surface area contributed by atoms with E-state index < -0.39 is 15.9 Å². The minimum atomic E-state index is -2.88. The summed E-state index contributed by atoms with van der Waals surface area (Å²) < 4.78 is 31.8. The maximum Gasteiger partial charge on any atom is 0.407 e. The third-order valence-electron chi connectivity index (χ3n) is 2.38. The molecule has 0 aromatic heterocycles. The Morgan fingerprint density at radius 1 is 1.44 bits per heavy atom. The van der Waals surface area contributed by atoms with E-state index in [1.165, 1.54) is 7.11 Å². The normalized spacial score (nSPS) is 22.9. The fourth-order valence-electron chi connectivity index (χ4n) is 1.53. The second kappa shape index (κ2) is 6.05. The molecule has 1 fully saturated rings. The van der Waals surface area contributed by atoms with Gasteiger partial charge in [-0.05, 0) is 12.3 Å². The van der Waals surface area contributed by atoms with Crippen LogP contribution >= 0.6 is 0 Å². The van der Waals surface area contributed by atoms with Crippen molar-refractivity contribution in [2.24, 2.45) is 5.92 Å². The Balaban J connectivity index is 2.13. The molecule has 16 heavy (non-hydrogen) atoms. The van der Waals surface area contributed by atoms with Crippen LogP contribution in [0.4, 0.5) is 4.79 Å². The Kier molecular flexibility index (Phi) is 5.01. The minimum absolute atomic E-state index is 0.0139. The molecule has 0 unspecified atom stereocenters. The van der Waals surface area contributed by atoms with Crippen molar-refractivity contribution in [2.45, 2.75) is 6.42 Å². The van der Waals surface area contributed by atoms with Crippen LogP contribution in [0.1, 0.15) is 6.42 Å². The molecule has 94 valence electrons. The molecule has 0 radical (unpaired) electrons. The highest BCUT2D eigenvalue weighted by molar-refractivity contribution is 7.91. The Bertz CT molecular complexity index is 327. The average Bonchev–Trinajstić information content (AvgIpc) is 2.56. The van der Waals surface area contributed by atoms with E-state index in [0.29, 0.717) is 19.6 Å². The number of sulfone groups is 1. The van der Waals surface area contributed by atoms with E-state index in [-0.39, 0.29) is 24.0 Å². The number of carbonyl (C=O) groups excluding carboxylic acids is 1. The van der Waals surface area contributed by atoms with Crippen molar-refractivity contribution in [3.05, 3.63) is 0 Å². The molecule has 1 aliphatic rings. The first-order valence-electron chi connectivity index (χ1n) is 5.13. The average molecular weight is 251 g/mol. The largest absolute Gasteiger partial charge is 0.447 e. The van der Waals surface area contributed by atoms with Crippen LogP contribution in [0.3, 0.4) is 0 Å². The van der Waals surface area contributed by atoms with E-state index in [1.54, 1.807) is 0 Å². The summed E-state index contributed by atoms with van der Waals surface area (Å²) in [5.74, 6) is 0.392. The van der Waals surface area contributed by atoms with Crippen molar-refractivity contribution >= 4 is 15.9 Å². The zero-order valence-corrected chi connectivity index (χ0v) is 10.1. The number of carbonyl (C=O) groups is 1. The Morgan fingerprint density at radius 3 is 2.75 bits per heavy atom. The molecule has 7 heteroatoms. The molecule has 1 saturated heterocycles. The van der Waals surface area contributed by atoms with Gasteiger partial charge >= 0.3 is 6.09 Å². The predicted octanol–water partition coefficient (Wildman–Crippen LogP) is -0.206. The zero-order chi connectivity index (χ0) is 12.0. The standard InChI is InChI=1S/C9H17NO5S/c1-14-3-4-15-9(11)10-6-8-2-5-16(12,13)7-8/h8H,2-7H2,1H3,(H,10,11)/t8-/m0/s1. The second-order valence-electron chi connectivity index (χ2n) is 3.78. The number of alkyl carbamates (subject to hydrolysis) is 1.